The lowest BCUT2D eigenvalue weighted by Gasteiger charge is -2.36. The van der Waals surface area contributed by atoms with Crippen molar-refractivity contribution in [1.29, 1.82) is 0 Å². The van der Waals surface area contributed by atoms with Gasteiger partial charge in [-0.15, -0.1) is 0 Å². The molecule has 8 heteroatoms. The van der Waals surface area contributed by atoms with Crippen LogP contribution in [0.5, 0.6) is 11.5 Å². The number of amides is 1. The third-order valence-electron chi connectivity index (χ3n) is 5.72. The smallest absolute Gasteiger partial charge is 0.227 e. The molecule has 0 radical (unpaired) electrons. The highest BCUT2D eigenvalue weighted by molar-refractivity contribution is 6.34. The van der Waals surface area contributed by atoms with E-state index in [1.165, 1.54) is 12.8 Å². The number of anilines is 1. The SMILES string of the molecule is COc1cc2nc(N3CCN(C(=O)C4CCCC4)CC3)nc(Cl)c2cc1OC. The number of nitrogens with zero attached hydrogens (tertiary/aromatic N) is 4. The second kappa shape index (κ2) is 7.99. The second-order valence-corrected chi connectivity index (χ2v) is 7.69. The fraction of sp³-hybridized carbons (Fsp3) is 0.550. The summed E-state index contributed by atoms with van der Waals surface area (Å²) in [7, 11) is 3.17. The van der Waals surface area contributed by atoms with Gasteiger partial charge < -0.3 is 19.3 Å². The molecule has 2 aliphatic rings. The molecule has 1 saturated heterocycles. The van der Waals surface area contributed by atoms with Crippen LogP contribution in [0.15, 0.2) is 12.1 Å². The Balaban J connectivity index is 1.52. The lowest BCUT2D eigenvalue weighted by atomic mass is 10.1. The van der Waals surface area contributed by atoms with Crippen molar-refractivity contribution < 1.29 is 14.3 Å². The minimum absolute atomic E-state index is 0.223. The first kappa shape index (κ1) is 19.1. The van der Waals surface area contributed by atoms with Gasteiger partial charge in [-0.25, -0.2) is 9.97 Å². The molecule has 0 N–H and O–H groups in total. The average molecular weight is 405 g/mol. The number of halogens is 1. The summed E-state index contributed by atoms with van der Waals surface area (Å²) in [4.78, 5) is 25.9. The van der Waals surface area contributed by atoms with Crippen molar-refractivity contribution in [3.05, 3.63) is 17.3 Å². The number of hydrogen-bond acceptors (Lipinski definition) is 6. The fourth-order valence-electron chi connectivity index (χ4n) is 4.11. The van der Waals surface area contributed by atoms with Crippen LogP contribution >= 0.6 is 11.6 Å². The summed E-state index contributed by atoms with van der Waals surface area (Å²) in [6.45, 7) is 2.79. The van der Waals surface area contributed by atoms with Crippen molar-refractivity contribution in [1.82, 2.24) is 14.9 Å². The standard InChI is InChI=1S/C20H25ClN4O3/c1-27-16-11-14-15(12-17(16)28-2)22-20(23-18(14)21)25-9-7-24(8-10-25)19(26)13-5-3-4-6-13/h11-13H,3-10H2,1-2H3. The van der Waals surface area contributed by atoms with E-state index < -0.39 is 0 Å². The molecule has 1 saturated carbocycles. The number of benzene rings is 1. The van der Waals surface area contributed by atoms with E-state index >= 15 is 0 Å². The second-order valence-electron chi connectivity index (χ2n) is 7.33. The minimum atomic E-state index is 0.223. The van der Waals surface area contributed by atoms with E-state index in [1.54, 1.807) is 20.3 Å². The molecular formula is C20H25ClN4O3. The molecular weight excluding hydrogens is 380 g/mol. The van der Waals surface area contributed by atoms with Crippen molar-refractivity contribution in [2.24, 2.45) is 5.92 Å². The van der Waals surface area contributed by atoms with Crippen LogP contribution in [0.3, 0.4) is 0 Å². The Morgan fingerprint density at radius 2 is 1.68 bits per heavy atom. The van der Waals surface area contributed by atoms with Crippen LogP contribution < -0.4 is 14.4 Å². The number of fused-ring (bicyclic) bond motifs is 1. The van der Waals surface area contributed by atoms with E-state index in [2.05, 4.69) is 14.9 Å². The molecule has 1 aromatic carbocycles. The van der Waals surface area contributed by atoms with E-state index in [4.69, 9.17) is 21.1 Å². The number of hydrogen-bond donors (Lipinski definition) is 0. The average Bonchev–Trinajstić information content (AvgIpc) is 3.27. The minimum Gasteiger partial charge on any atom is -0.493 e. The van der Waals surface area contributed by atoms with Gasteiger partial charge in [0.1, 0.15) is 5.15 Å². The van der Waals surface area contributed by atoms with Crippen LogP contribution in [-0.4, -0.2) is 61.2 Å². The van der Waals surface area contributed by atoms with Crippen molar-refractivity contribution in [3.63, 3.8) is 0 Å². The third kappa shape index (κ3) is 3.55. The molecule has 2 heterocycles. The Kier molecular flexibility index (Phi) is 5.44. The molecule has 7 nitrogen and oxygen atoms in total. The molecule has 28 heavy (non-hydrogen) atoms. The fourth-order valence-corrected chi connectivity index (χ4v) is 4.33. The highest BCUT2D eigenvalue weighted by Crippen LogP contribution is 2.35. The Hall–Kier alpha value is -2.28. The number of aromatic nitrogens is 2. The van der Waals surface area contributed by atoms with Gasteiger partial charge in [0.2, 0.25) is 11.9 Å². The van der Waals surface area contributed by atoms with Crippen LogP contribution in [-0.2, 0) is 4.79 Å². The molecule has 1 aliphatic heterocycles. The molecule has 4 rings (SSSR count). The zero-order valence-corrected chi connectivity index (χ0v) is 17.0. The van der Waals surface area contributed by atoms with Crippen LogP contribution in [0.1, 0.15) is 25.7 Å². The van der Waals surface area contributed by atoms with Gasteiger partial charge in [0.25, 0.3) is 0 Å². The topological polar surface area (TPSA) is 67.8 Å². The van der Waals surface area contributed by atoms with Gasteiger partial charge in [-0.05, 0) is 18.9 Å². The molecule has 2 aromatic rings. The predicted molar refractivity (Wildman–Crippen MR) is 108 cm³/mol. The highest BCUT2D eigenvalue weighted by atomic mass is 35.5. The predicted octanol–water partition coefficient (Wildman–Crippen LogP) is 3.14. The summed E-state index contributed by atoms with van der Waals surface area (Å²) < 4.78 is 10.7. The lowest BCUT2D eigenvalue weighted by molar-refractivity contribution is -0.135. The van der Waals surface area contributed by atoms with Crippen LogP contribution in [0.25, 0.3) is 10.9 Å². The summed E-state index contributed by atoms with van der Waals surface area (Å²) in [6.07, 6.45) is 4.42. The van der Waals surface area contributed by atoms with Gasteiger partial charge in [0.15, 0.2) is 11.5 Å². The molecule has 0 spiro atoms. The number of carbonyl (C=O) groups is 1. The highest BCUT2D eigenvalue weighted by Gasteiger charge is 2.30. The normalized spacial score (nSPS) is 18.0. The molecule has 0 bridgehead atoms. The summed E-state index contributed by atoms with van der Waals surface area (Å²) >= 11 is 6.43. The van der Waals surface area contributed by atoms with E-state index in [-0.39, 0.29) is 5.92 Å². The zero-order chi connectivity index (χ0) is 19.7. The van der Waals surface area contributed by atoms with E-state index in [9.17, 15) is 4.79 Å². The molecule has 1 amide bonds. The molecule has 0 atom stereocenters. The first-order valence-corrected chi connectivity index (χ1v) is 10.1. The van der Waals surface area contributed by atoms with Gasteiger partial charge in [0, 0.05) is 43.5 Å². The van der Waals surface area contributed by atoms with Crippen LogP contribution in [0, 0.1) is 5.92 Å². The molecule has 150 valence electrons. The number of ether oxygens (including phenoxy) is 2. The number of carbonyl (C=O) groups excluding carboxylic acids is 1. The quantitative estimate of drug-likeness (QED) is 0.729. The third-order valence-corrected chi connectivity index (χ3v) is 6.01. The van der Waals surface area contributed by atoms with Gasteiger partial charge in [-0.3, -0.25) is 4.79 Å². The largest absolute Gasteiger partial charge is 0.493 e. The summed E-state index contributed by atoms with van der Waals surface area (Å²) in [5.74, 6) is 2.31. The van der Waals surface area contributed by atoms with Crippen molar-refractivity contribution in [2.75, 3.05) is 45.3 Å². The van der Waals surface area contributed by atoms with Crippen LogP contribution in [0.2, 0.25) is 5.15 Å². The van der Waals surface area contributed by atoms with E-state index in [0.29, 0.717) is 60.2 Å². The maximum absolute atomic E-state index is 12.6. The van der Waals surface area contributed by atoms with Crippen molar-refractivity contribution in [3.8, 4) is 11.5 Å². The monoisotopic (exact) mass is 404 g/mol. The Labute approximate surface area is 169 Å². The zero-order valence-electron chi connectivity index (χ0n) is 16.3. The number of methoxy groups -OCH3 is 2. The maximum Gasteiger partial charge on any atom is 0.227 e. The summed E-state index contributed by atoms with van der Waals surface area (Å²) in [5, 5.41) is 1.10. The van der Waals surface area contributed by atoms with Gasteiger partial charge in [0.05, 0.1) is 19.7 Å². The first-order chi connectivity index (χ1) is 13.6. The van der Waals surface area contributed by atoms with Gasteiger partial charge in [-0.1, -0.05) is 24.4 Å². The van der Waals surface area contributed by atoms with Crippen molar-refractivity contribution in [2.45, 2.75) is 25.7 Å². The maximum atomic E-state index is 12.6. The molecule has 0 unspecified atom stereocenters. The lowest BCUT2D eigenvalue weighted by Crippen LogP contribution is -2.50. The molecule has 2 fully saturated rings. The molecule has 1 aliphatic carbocycles. The van der Waals surface area contributed by atoms with Crippen molar-refractivity contribution >= 4 is 34.4 Å². The first-order valence-electron chi connectivity index (χ1n) is 9.73. The summed E-state index contributed by atoms with van der Waals surface area (Å²) in [5.41, 5.74) is 0.706. The number of piperazine rings is 1. The van der Waals surface area contributed by atoms with Gasteiger partial charge >= 0.3 is 0 Å². The summed E-state index contributed by atoms with van der Waals surface area (Å²) in [6, 6.07) is 3.60. The Morgan fingerprint density at radius 3 is 2.32 bits per heavy atom. The van der Waals surface area contributed by atoms with E-state index in [0.717, 1.165) is 18.2 Å². The Bertz CT molecular complexity index is 877. The van der Waals surface area contributed by atoms with Crippen LogP contribution in [0.4, 0.5) is 5.95 Å². The van der Waals surface area contributed by atoms with Gasteiger partial charge in [-0.2, -0.15) is 0 Å². The molecule has 1 aromatic heterocycles. The Morgan fingerprint density at radius 1 is 1.04 bits per heavy atom. The van der Waals surface area contributed by atoms with E-state index in [1.807, 2.05) is 11.0 Å². The number of rotatable bonds is 4.